The van der Waals surface area contributed by atoms with Gasteiger partial charge in [0.1, 0.15) is 5.75 Å². The molecular formula is C17H11F2N3O4S. The molecule has 1 N–H and O–H groups in total. The van der Waals surface area contributed by atoms with Gasteiger partial charge in [0.25, 0.3) is 11.6 Å². The molecule has 0 aliphatic rings. The van der Waals surface area contributed by atoms with Crippen LogP contribution in [0.4, 0.5) is 19.6 Å². The highest BCUT2D eigenvalue weighted by atomic mass is 32.1. The minimum absolute atomic E-state index is 0.0839. The van der Waals surface area contributed by atoms with Gasteiger partial charge in [0.05, 0.1) is 10.6 Å². The normalized spacial score (nSPS) is 10.4. The summed E-state index contributed by atoms with van der Waals surface area (Å²) in [6.45, 7) is -0.322. The van der Waals surface area contributed by atoms with Gasteiger partial charge in [-0.2, -0.15) is 0 Å². The summed E-state index contributed by atoms with van der Waals surface area (Å²) in [5.41, 5.74) is 0.692. The highest BCUT2D eigenvalue weighted by molar-refractivity contribution is 7.14. The van der Waals surface area contributed by atoms with Crippen molar-refractivity contribution in [1.82, 2.24) is 4.98 Å². The molecule has 1 aromatic heterocycles. The number of nitrogens with zero attached hydrogens (tertiary/aromatic N) is 2. The predicted octanol–water partition coefficient (Wildman–Crippen LogP) is 4.01. The van der Waals surface area contributed by atoms with Crippen LogP contribution >= 0.6 is 11.3 Å². The summed E-state index contributed by atoms with van der Waals surface area (Å²) >= 11 is 1.12. The molecule has 0 saturated carbocycles. The fourth-order valence-corrected chi connectivity index (χ4v) is 2.82. The molecule has 0 bridgehead atoms. The first kappa shape index (κ1) is 18.4. The molecule has 0 atom stereocenters. The van der Waals surface area contributed by atoms with E-state index < -0.39 is 22.5 Å². The number of halogens is 2. The van der Waals surface area contributed by atoms with Gasteiger partial charge in [-0.25, -0.2) is 13.8 Å². The Balaban J connectivity index is 1.57. The lowest BCUT2D eigenvalue weighted by atomic mass is 10.2. The first-order valence-electron chi connectivity index (χ1n) is 7.50. The monoisotopic (exact) mass is 391 g/mol. The Labute approximate surface area is 155 Å². The van der Waals surface area contributed by atoms with Crippen LogP contribution in [-0.4, -0.2) is 22.4 Å². The van der Waals surface area contributed by atoms with Crippen molar-refractivity contribution in [2.24, 2.45) is 0 Å². The number of aromatic nitrogens is 1. The molecule has 7 nitrogen and oxygen atoms in total. The van der Waals surface area contributed by atoms with Crippen LogP contribution in [0.25, 0.3) is 11.3 Å². The first-order chi connectivity index (χ1) is 12.9. The van der Waals surface area contributed by atoms with Crippen LogP contribution in [0, 0.1) is 21.7 Å². The van der Waals surface area contributed by atoms with Crippen molar-refractivity contribution in [2.75, 3.05) is 11.9 Å². The number of nitro groups is 1. The van der Waals surface area contributed by atoms with Crippen LogP contribution < -0.4 is 10.1 Å². The number of rotatable bonds is 6. The fraction of sp³-hybridized carbons (Fsp3) is 0.0588. The summed E-state index contributed by atoms with van der Waals surface area (Å²) in [7, 11) is 0. The van der Waals surface area contributed by atoms with Gasteiger partial charge < -0.3 is 4.74 Å². The predicted molar refractivity (Wildman–Crippen MR) is 94.7 cm³/mol. The number of hydrogen-bond acceptors (Lipinski definition) is 6. The minimum atomic E-state index is -0.984. The molecular weight excluding hydrogens is 380 g/mol. The zero-order valence-corrected chi connectivity index (χ0v) is 14.3. The number of non-ortho nitro benzene ring substituents is 1. The summed E-state index contributed by atoms with van der Waals surface area (Å²) in [6, 6.07) is 8.71. The number of carbonyl (C=O) groups is 1. The number of anilines is 1. The van der Waals surface area contributed by atoms with Crippen molar-refractivity contribution < 1.29 is 23.2 Å². The van der Waals surface area contributed by atoms with Crippen molar-refractivity contribution >= 4 is 28.1 Å². The molecule has 138 valence electrons. The largest absolute Gasteiger partial charge is 0.484 e. The van der Waals surface area contributed by atoms with E-state index in [0.717, 1.165) is 23.5 Å². The Morgan fingerprint density at radius 1 is 1.19 bits per heavy atom. The van der Waals surface area contributed by atoms with E-state index in [9.17, 15) is 23.7 Å². The van der Waals surface area contributed by atoms with Gasteiger partial charge in [0, 0.05) is 23.1 Å². The molecule has 1 heterocycles. The lowest BCUT2D eigenvalue weighted by Crippen LogP contribution is -2.20. The summed E-state index contributed by atoms with van der Waals surface area (Å²) in [6.07, 6.45) is 0. The van der Waals surface area contributed by atoms with Crippen LogP contribution in [0.15, 0.2) is 47.8 Å². The summed E-state index contributed by atoms with van der Waals surface area (Å²) in [5, 5.41) is 15.0. The van der Waals surface area contributed by atoms with E-state index in [2.05, 4.69) is 10.3 Å². The molecule has 0 aliphatic carbocycles. The molecule has 2 aromatic carbocycles. The average Bonchev–Trinajstić information content (AvgIpc) is 3.11. The third-order valence-electron chi connectivity index (χ3n) is 3.38. The van der Waals surface area contributed by atoms with E-state index in [0.29, 0.717) is 17.0 Å². The summed E-state index contributed by atoms with van der Waals surface area (Å²) in [5.74, 6) is -2.12. The van der Waals surface area contributed by atoms with Crippen LogP contribution in [0.3, 0.4) is 0 Å². The maximum Gasteiger partial charge on any atom is 0.269 e. The van der Waals surface area contributed by atoms with Crippen molar-refractivity contribution in [3.8, 4) is 17.0 Å². The van der Waals surface area contributed by atoms with Gasteiger partial charge in [-0.1, -0.05) is 0 Å². The molecule has 3 rings (SSSR count). The third kappa shape index (κ3) is 4.61. The lowest BCUT2D eigenvalue weighted by Gasteiger charge is -2.05. The molecule has 27 heavy (non-hydrogen) atoms. The zero-order valence-electron chi connectivity index (χ0n) is 13.5. The highest BCUT2D eigenvalue weighted by Crippen LogP contribution is 2.26. The minimum Gasteiger partial charge on any atom is -0.484 e. The summed E-state index contributed by atoms with van der Waals surface area (Å²) < 4.78 is 31.5. The number of thiazole rings is 1. The number of ether oxygens (including phenoxy) is 1. The topological polar surface area (TPSA) is 94.4 Å². The van der Waals surface area contributed by atoms with Crippen LogP contribution in [-0.2, 0) is 4.79 Å². The third-order valence-corrected chi connectivity index (χ3v) is 4.14. The van der Waals surface area contributed by atoms with Crippen molar-refractivity contribution in [3.05, 3.63) is 69.6 Å². The van der Waals surface area contributed by atoms with Gasteiger partial charge >= 0.3 is 0 Å². The van der Waals surface area contributed by atoms with Gasteiger partial charge in [0.15, 0.2) is 23.4 Å². The van der Waals surface area contributed by atoms with Gasteiger partial charge in [-0.15, -0.1) is 11.3 Å². The Hall–Kier alpha value is -3.40. The van der Waals surface area contributed by atoms with E-state index in [1.54, 1.807) is 5.38 Å². The van der Waals surface area contributed by atoms with E-state index in [4.69, 9.17) is 4.74 Å². The zero-order chi connectivity index (χ0) is 19.4. The van der Waals surface area contributed by atoms with Crippen LogP contribution in [0.2, 0.25) is 0 Å². The number of hydrogen-bond donors (Lipinski definition) is 1. The molecule has 1 amide bonds. The molecule has 0 saturated heterocycles. The molecule has 10 heteroatoms. The van der Waals surface area contributed by atoms with Gasteiger partial charge in [0.2, 0.25) is 0 Å². The van der Waals surface area contributed by atoms with Crippen molar-refractivity contribution in [1.29, 1.82) is 0 Å². The number of benzene rings is 2. The van der Waals surface area contributed by atoms with Crippen LogP contribution in [0.1, 0.15) is 0 Å². The van der Waals surface area contributed by atoms with E-state index in [1.807, 2.05) is 0 Å². The number of carbonyl (C=O) groups excluding carboxylic acids is 1. The lowest BCUT2D eigenvalue weighted by molar-refractivity contribution is -0.384. The Morgan fingerprint density at radius 3 is 2.59 bits per heavy atom. The smallest absolute Gasteiger partial charge is 0.269 e. The second kappa shape index (κ2) is 7.87. The maximum atomic E-state index is 13.3. The Bertz CT molecular complexity index is 992. The SMILES string of the molecule is O=C(COc1ccc([N+](=O)[O-])cc1)Nc1nc(-c2ccc(F)c(F)c2)cs1. The average molecular weight is 391 g/mol. The molecule has 0 unspecified atom stereocenters. The number of amides is 1. The van der Waals surface area contributed by atoms with Gasteiger partial charge in [-0.05, 0) is 30.3 Å². The molecule has 0 aliphatic heterocycles. The molecule has 0 spiro atoms. The van der Waals surface area contributed by atoms with E-state index in [1.165, 1.54) is 30.3 Å². The Morgan fingerprint density at radius 2 is 1.93 bits per heavy atom. The number of nitro benzene ring substituents is 1. The quantitative estimate of drug-likeness (QED) is 0.506. The molecule has 3 aromatic rings. The maximum absolute atomic E-state index is 13.3. The van der Waals surface area contributed by atoms with E-state index in [-0.39, 0.29) is 17.4 Å². The second-order valence-corrected chi connectivity index (χ2v) is 6.11. The molecule has 0 fully saturated rings. The summed E-state index contributed by atoms with van der Waals surface area (Å²) in [4.78, 5) is 26.1. The standard InChI is InChI=1S/C17H11F2N3O4S/c18-13-6-1-10(7-14(13)19)15-9-27-17(20-15)21-16(23)8-26-12-4-2-11(3-5-12)22(24)25/h1-7,9H,8H2,(H,20,21,23). The van der Waals surface area contributed by atoms with Crippen molar-refractivity contribution in [2.45, 2.75) is 0 Å². The fourth-order valence-electron chi connectivity index (χ4n) is 2.09. The van der Waals surface area contributed by atoms with Crippen LogP contribution in [0.5, 0.6) is 5.75 Å². The van der Waals surface area contributed by atoms with Gasteiger partial charge in [-0.3, -0.25) is 20.2 Å². The highest BCUT2D eigenvalue weighted by Gasteiger charge is 2.11. The second-order valence-electron chi connectivity index (χ2n) is 5.25. The van der Waals surface area contributed by atoms with E-state index >= 15 is 0 Å². The van der Waals surface area contributed by atoms with Crippen molar-refractivity contribution in [3.63, 3.8) is 0 Å². The number of nitrogens with one attached hydrogen (secondary N) is 1. The molecule has 0 radical (unpaired) electrons. The first-order valence-corrected chi connectivity index (χ1v) is 8.38. The Kier molecular flexibility index (Phi) is 5.36.